The van der Waals surface area contributed by atoms with Crippen molar-refractivity contribution in [3.63, 3.8) is 0 Å². The van der Waals surface area contributed by atoms with E-state index in [1.165, 1.54) is 15.3 Å². The Balaban J connectivity index is 1.58. The van der Waals surface area contributed by atoms with Gasteiger partial charge < -0.3 is 10.2 Å². The van der Waals surface area contributed by atoms with Crippen LogP contribution in [-0.2, 0) is 0 Å². The molecule has 2 aromatic carbocycles. The van der Waals surface area contributed by atoms with E-state index in [2.05, 4.69) is 47.5 Å². The third kappa shape index (κ3) is 2.89. The molecule has 1 saturated heterocycles. The summed E-state index contributed by atoms with van der Waals surface area (Å²) in [6.07, 6.45) is 2.26. The Labute approximate surface area is 151 Å². The van der Waals surface area contributed by atoms with Crippen LogP contribution in [0.1, 0.15) is 29.5 Å². The van der Waals surface area contributed by atoms with E-state index in [1.807, 2.05) is 18.2 Å². The molecule has 1 aromatic heterocycles. The van der Waals surface area contributed by atoms with E-state index in [0.29, 0.717) is 0 Å². The first-order chi connectivity index (χ1) is 11.7. The quantitative estimate of drug-likeness (QED) is 0.646. The second kappa shape index (κ2) is 6.49. The summed E-state index contributed by atoms with van der Waals surface area (Å²) in [4.78, 5) is 7.13. The number of aromatic nitrogens is 1. The van der Waals surface area contributed by atoms with Gasteiger partial charge in [-0.25, -0.2) is 4.98 Å². The van der Waals surface area contributed by atoms with E-state index in [0.717, 1.165) is 35.7 Å². The Hall–Kier alpha value is -1.98. The number of benzene rings is 2. The molecule has 0 amide bonds. The number of hydrogen-bond acceptors (Lipinski definition) is 3. The number of nitrogens with one attached hydrogen (secondary N) is 1. The first-order valence-electron chi connectivity index (χ1n) is 8.21. The summed E-state index contributed by atoms with van der Waals surface area (Å²) < 4.78 is 1.25. The second-order valence-electron chi connectivity index (χ2n) is 6.12. The average molecular weight is 354 g/mol. The highest BCUT2D eigenvalue weighted by Gasteiger charge is 2.30. The summed E-state index contributed by atoms with van der Waals surface area (Å²) in [7, 11) is 0. The Kier molecular flexibility index (Phi) is 4.21. The first kappa shape index (κ1) is 15.5. The van der Waals surface area contributed by atoms with Crippen molar-refractivity contribution in [3.8, 4) is 0 Å². The minimum atomic E-state index is 0.284. The Morgan fingerprint density at radius 3 is 2.83 bits per heavy atom. The van der Waals surface area contributed by atoms with Crippen molar-refractivity contribution in [3.05, 3.63) is 59.1 Å². The van der Waals surface area contributed by atoms with Gasteiger partial charge in [-0.15, -0.1) is 11.3 Å². The monoisotopic (exact) mass is 353 g/mol. The standard InChI is InChI=1S/C19H19N3S2/c1-13-7-2-3-8-14(13)21-19(23)22-12-6-10-16(22)18-20-15-9-4-5-11-17(15)24-18/h2-5,7-9,11,16H,6,10,12H2,1H3,(H,21,23)/t16-/m0/s1. The largest absolute Gasteiger partial charge is 0.340 e. The topological polar surface area (TPSA) is 28.2 Å². The molecule has 0 bridgehead atoms. The molecule has 1 fully saturated rings. The van der Waals surface area contributed by atoms with Crippen LogP contribution in [0, 0.1) is 6.92 Å². The number of anilines is 1. The number of aryl methyl sites for hydroxylation is 1. The number of thiocarbonyl (C=S) groups is 1. The lowest BCUT2D eigenvalue weighted by atomic mass is 10.2. The number of para-hydroxylation sites is 2. The molecule has 0 saturated carbocycles. The molecular formula is C19H19N3S2. The van der Waals surface area contributed by atoms with Crippen molar-refractivity contribution in [2.75, 3.05) is 11.9 Å². The molecule has 3 aromatic rings. The average Bonchev–Trinajstić information content (AvgIpc) is 3.23. The van der Waals surface area contributed by atoms with Crippen LogP contribution in [0.2, 0.25) is 0 Å². The number of rotatable bonds is 2. The highest BCUT2D eigenvalue weighted by molar-refractivity contribution is 7.80. The fraction of sp³-hybridized carbons (Fsp3) is 0.263. The molecule has 1 aliphatic heterocycles. The summed E-state index contributed by atoms with van der Waals surface area (Å²) in [5, 5.41) is 5.39. The van der Waals surface area contributed by atoms with Crippen LogP contribution in [-0.4, -0.2) is 21.5 Å². The van der Waals surface area contributed by atoms with Gasteiger partial charge in [-0.2, -0.15) is 0 Å². The van der Waals surface area contributed by atoms with Crippen molar-refractivity contribution in [2.24, 2.45) is 0 Å². The summed E-state index contributed by atoms with van der Waals surface area (Å²) in [6, 6.07) is 16.9. The SMILES string of the molecule is Cc1ccccc1NC(=S)N1CCC[C@H]1c1nc2ccccc2s1. The lowest BCUT2D eigenvalue weighted by Crippen LogP contribution is -2.34. The van der Waals surface area contributed by atoms with E-state index in [-0.39, 0.29) is 6.04 Å². The van der Waals surface area contributed by atoms with E-state index in [4.69, 9.17) is 17.2 Å². The number of likely N-dealkylation sites (tertiary alicyclic amines) is 1. The predicted molar refractivity (Wildman–Crippen MR) is 106 cm³/mol. The predicted octanol–water partition coefficient (Wildman–Crippen LogP) is 5.14. The van der Waals surface area contributed by atoms with Crippen LogP contribution in [0.3, 0.4) is 0 Å². The van der Waals surface area contributed by atoms with Crippen LogP contribution in [0.5, 0.6) is 0 Å². The highest BCUT2D eigenvalue weighted by atomic mass is 32.1. The zero-order valence-corrected chi connectivity index (χ0v) is 15.2. The number of nitrogens with zero attached hydrogens (tertiary/aromatic N) is 2. The fourth-order valence-electron chi connectivity index (χ4n) is 3.20. The maximum absolute atomic E-state index is 5.70. The summed E-state index contributed by atoms with van der Waals surface area (Å²) in [5.41, 5.74) is 3.37. The van der Waals surface area contributed by atoms with Crippen molar-refractivity contribution in [2.45, 2.75) is 25.8 Å². The van der Waals surface area contributed by atoms with Gasteiger partial charge in [0.15, 0.2) is 5.11 Å². The normalized spacial score (nSPS) is 17.4. The van der Waals surface area contributed by atoms with Crippen molar-refractivity contribution < 1.29 is 0 Å². The molecular weight excluding hydrogens is 334 g/mol. The number of thiazole rings is 1. The third-order valence-electron chi connectivity index (χ3n) is 4.50. The minimum absolute atomic E-state index is 0.284. The maximum atomic E-state index is 5.70. The van der Waals surface area contributed by atoms with Crippen LogP contribution in [0.4, 0.5) is 5.69 Å². The molecule has 1 atom stereocenters. The van der Waals surface area contributed by atoms with Gasteiger partial charge >= 0.3 is 0 Å². The van der Waals surface area contributed by atoms with Crippen LogP contribution >= 0.6 is 23.6 Å². The lowest BCUT2D eigenvalue weighted by Gasteiger charge is -2.26. The van der Waals surface area contributed by atoms with Gasteiger partial charge in [0.05, 0.1) is 16.3 Å². The van der Waals surface area contributed by atoms with E-state index >= 15 is 0 Å². The summed E-state index contributed by atoms with van der Waals surface area (Å²) in [6.45, 7) is 3.08. The molecule has 0 unspecified atom stereocenters. The molecule has 0 spiro atoms. The van der Waals surface area contributed by atoms with Crippen LogP contribution < -0.4 is 5.32 Å². The Morgan fingerprint density at radius 2 is 2.00 bits per heavy atom. The molecule has 0 aliphatic carbocycles. The first-order valence-corrected chi connectivity index (χ1v) is 9.43. The smallest absolute Gasteiger partial charge is 0.174 e. The van der Waals surface area contributed by atoms with Crippen molar-refractivity contribution >= 4 is 44.6 Å². The fourth-order valence-corrected chi connectivity index (χ4v) is 4.64. The summed E-state index contributed by atoms with van der Waals surface area (Å²) >= 11 is 7.49. The number of hydrogen-bond donors (Lipinski definition) is 1. The van der Waals surface area contributed by atoms with Crippen molar-refractivity contribution in [1.29, 1.82) is 0 Å². The number of fused-ring (bicyclic) bond motifs is 1. The zero-order chi connectivity index (χ0) is 16.5. The minimum Gasteiger partial charge on any atom is -0.340 e. The maximum Gasteiger partial charge on any atom is 0.174 e. The summed E-state index contributed by atoms with van der Waals surface area (Å²) in [5.74, 6) is 0. The van der Waals surface area contributed by atoms with Gasteiger partial charge in [0, 0.05) is 12.2 Å². The molecule has 1 N–H and O–H groups in total. The van der Waals surface area contributed by atoms with Gasteiger partial charge in [-0.05, 0) is 55.7 Å². The van der Waals surface area contributed by atoms with E-state index in [1.54, 1.807) is 11.3 Å². The lowest BCUT2D eigenvalue weighted by molar-refractivity contribution is 0.405. The van der Waals surface area contributed by atoms with Crippen LogP contribution in [0.15, 0.2) is 48.5 Å². The molecule has 4 rings (SSSR count). The molecule has 3 nitrogen and oxygen atoms in total. The Morgan fingerprint density at radius 1 is 1.21 bits per heavy atom. The van der Waals surface area contributed by atoms with Gasteiger partial charge in [-0.3, -0.25) is 0 Å². The molecule has 2 heterocycles. The van der Waals surface area contributed by atoms with Crippen LogP contribution in [0.25, 0.3) is 10.2 Å². The highest BCUT2D eigenvalue weighted by Crippen LogP contribution is 2.36. The second-order valence-corrected chi connectivity index (χ2v) is 7.57. The molecule has 1 aliphatic rings. The third-order valence-corrected chi connectivity index (χ3v) is 5.97. The van der Waals surface area contributed by atoms with E-state index in [9.17, 15) is 0 Å². The van der Waals surface area contributed by atoms with Gasteiger partial charge in [0.1, 0.15) is 5.01 Å². The van der Waals surface area contributed by atoms with Gasteiger partial charge in [0.2, 0.25) is 0 Å². The van der Waals surface area contributed by atoms with Gasteiger partial charge in [-0.1, -0.05) is 30.3 Å². The molecule has 0 radical (unpaired) electrons. The zero-order valence-electron chi connectivity index (χ0n) is 13.5. The molecule has 5 heteroatoms. The van der Waals surface area contributed by atoms with Gasteiger partial charge in [0.25, 0.3) is 0 Å². The molecule has 122 valence electrons. The molecule has 24 heavy (non-hydrogen) atoms. The van der Waals surface area contributed by atoms with Crippen molar-refractivity contribution in [1.82, 2.24) is 9.88 Å². The van der Waals surface area contributed by atoms with E-state index < -0.39 is 0 Å². The Bertz CT molecular complexity index is 854.